The molecule has 0 aliphatic rings. The van der Waals surface area contributed by atoms with E-state index in [1.807, 2.05) is 37.3 Å². The number of pyridine rings is 1. The van der Waals surface area contributed by atoms with E-state index >= 15 is 0 Å². The van der Waals surface area contributed by atoms with Gasteiger partial charge in [0.25, 0.3) is 0 Å². The summed E-state index contributed by atoms with van der Waals surface area (Å²) in [6.07, 6.45) is 1.58. The Balaban J connectivity index is 1.94. The third-order valence-corrected chi connectivity index (χ3v) is 4.17. The topological polar surface area (TPSA) is 62.8 Å². The van der Waals surface area contributed by atoms with Crippen LogP contribution in [0.1, 0.15) is 5.69 Å². The Morgan fingerprint density at radius 2 is 1.96 bits per heavy atom. The minimum atomic E-state index is 0.629. The van der Waals surface area contributed by atoms with E-state index < -0.39 is 0 Å². The molecule has 0 aliphatic heterocycles. The number of methoxy groups -OCH3 is 1. The van der Waals surface area contributed by atoms with Crippen LogP contribution >= 0.6 is 11.6 Å². The van der Waals surface area contributed by atoms with Crippen LogP contribution in [0.25, 0.3) is 21.9 Å². The minimum absolute atomic E-state index is 0.629. The summed E-state index contributed by atoms with van der Waals surface area (Å²) in [5.74, 6) is 0.682. The second-order valence-corrected chi connectivity index (χ2v) is 6.00. The molecule has 6 heteroatoms. The van der Waals surface area contributed by atoms with Crippen molar-refractivity contribution in [1.29, 1.82) is 0 Å². The number of nitrogens with one attached hydrogen (secondary N) is 2. The Bertz CT molecular complexity index is 1060. The van der Waals surface area contributed by atoms with Gasteiger partial charge in [-0.25, -0.2) is 9.97 Å². The molecule has 0 bridgehead atoms. The summed E-state index contributed by atoms with van der Waals surface area (Å²) < 4.78 is 5.43. The number of rotatable bonds is 3. The number of hydrogen-bond acceptors (Lipinski definition) is 4. The van der Waals surface area contributed by atoms with Gasteiger partial charge in [0.15, 0.2) is 0 Å². The molecular weight excluding hydrogens is 324 g/mol. The molecule has 4 aromatic rings. The van der Waals surface area contributed by atoms with Crippen LogP contribution in [-0.4, -0.2) is 22.1 Å². The van der Waals surface area contributed by atoms with Gasteiger partial charge in [0.05, 0.1) is 24.0 Å². The lowest BCUT2D eigenvalue weighted by Crippen LogP contribution is -1.98. The van der Waals surface area contributed by atoms with E-state index in [-0.39, 0.29) is 0 Å². The van der Waals surface area contributed by atoms with Crippen molar-refractivity contribution in [2.24, 2.45) is 0 Å². The van der Waals surface area contributed by atoms with Crippen molar-refractivity contribution in [3.8, 4) is 5.75 Å². The monoisotopic (exact) mass is 338 g/mol. The minimum Gasteiger partial charge on any atom is -0.495 e. The molecule has 0 amide bonds. The van der Waals surface area contributed by atoms with Crippen molar-refractivity contribution in [1.82, 2.24) is 15.0 Å². The molecule has 0 spiro atoms. The number of benzene rings is 2. The number of imidazole rings is 1. The zero-order valence-corrected chi connectivity index (χ0v) is 14.0. The zero-order chi connectivity index (χ0) is 16.7. The molecule has 24 heavy (non-hydrogen) atoms. The van der Waals surface area contributed by atoms with E-state index in [2.05, 4.69) is 20.3 Å². The maximum Gasteiger partial charge on any atom is 0.143 e. The number of aromatic nitrogens is 3. The van der Waals surface area contributed by atoms with Gasteiger partial charge < -0.3 is 15.0 Å². The SMILES string of the molecule is COc1cc(Cl)ccc1Nc1cc(C)[nH]c2ccc3ncnc3c12. The van der Waals surface area contributed by atoms with Gasteiger partial charge in [-0.2, -0.15) is 0 Å². The largest absolute Gasteiger partial charge is 0.495 e. The molecule has 4 rings (SSSR count). The number of aryl methyl sites for hydroxylation is 1. The highest BCUT2D eigenvalue weighted by atomic mass is 35.5. The van der Waals surface area contributed by atoms with Crippen LogP contribution in [0.2, 0.25) is 5.02 Å². The normalized spacial score (nSPS) is 11.1. The number of ether oxygens (including phenoxy) is 1. The van der Waals surface area contributed by atoms with Crippen molar-refractivity contribution in [3.05, 3.63) is 53.4 Å². The standard InChI is InChI=1S/C18H15ClN4O/c1-10-7-15(23-12-4-3-11(19)8-16(12)24-2)17-13(22-10)5-6-14-18(17)21-9-20-14/h3-9,22-23H,1-2H3. The molecule has 2 aromatic carbocycles. The molecule has 0 saturated heterocycles. The van der Waals surface area contributed by atoms with Crippen LogP contribution < -0.4 is 10.1 Å². The Morgan fingerprint density at radius 1 is 1.08 bits per heavy atom. The smallest absolute Gasteiger partial charge is 0.143 e. The van der Waals surface area contributed by atoms with Crippen molar-refractivity contribution >= 4 is 44.9 Å². The van der Waals surface area contributed by atoms with Gasteiger partial charge in [0, 0.05) is 27.7 Å². The molecule has 0 atom stereocenters. The van der Waals surface area contributed by atoms with Gasteiger partial charge >= 0.3 is 0 Å². The average Bonchev–Trinajstić information content (AvgIpc) is 3.04. The first kappa shape index (κ1) is 14.8. The highest BCUT2D eigenvalue weighted by molar-refractivity contribution is 6.30. The van der Waals surface area contributed by atoms with Crippen LogP contribution in [0.15, 0.2) is 42.7 Å². The maximum absolute atomic E-state index is 6.05. The summed E-state index contributed by atoms with van der Waals surface area (Å²) in [6, 6.07) is 11.5. The van der Waals surface area contributed by atoms with Crippen LogP contribution in [0.5, 0.6) is 5.75 Å². The number of nitrogens with zero attached hydrogens (tertiary/aromatic N) is 2. The molecule has 2 N–H and O–H groups in total. The first-order valence-corrected chi connectivity index (χ1v) is 7.87. The molecular formula is C18H15ClN4O. The molecule has 2 aromatic heterocycles. The molecule has 0 radical (unpaired) electrons. The Morgan fingerprint density at radius 3 is 2.79 bits per heavy atom. The van der Waals surface area contributed by atoms with Crippen molar-refractivity contribution in [3.63, 3.8) is 0 Å². The molecule has 0 unspecified atom stereocenters. The molecule has 0 fully saturated rings. The van der Waals surface area contributed by atoms with E-state index in [0.29, 0.717) is 10.8 Å². The summed E-state index contributed by atoms with van der Waals surface area (Å²) >= 11 is 6.05. The van der Waals surface area contributed by atoms with Crippen LogP contribution in [0, 0.1) is 6.92 Å². The Hall–Kier alpha value is -2.79. The fraction of sp³-hybridized carbons (Fsp3) is 0.111. The number of fused-ring (bicyclic) bond motifs is 3. The number of H-pyrrole nitrogens is 1. The van der Waals surface area contributed by atoms with E-state index in [1.165, 1.54) is 0 Å². The number of hydrogen-bond donors (Lipinski definition) is 2. The molecule has 0 aliphatic carbocycles. The number of anilines is 2. The predicted octanol–water partition coefficient (Wildman–Crippen LogP) is 4.83. The Labute approximate surface area is 143 Å². The molecule has 120 valence electrons. The van der Waals surface area contributed by atoms with Gasteiger partial charge in [-0.1, -0.05) is 11.6 Å². The molecule has 5 nitrogen and oxygen atoms in total. The quantitative estimate of drug-likeness (QED) is 0.562. The van der Waals surface area contributed by atoms with Crippen LogP contribution in [0.4, 0.5) is 11.4 Å². The van der Waals surface area contributed by atoms with Crippen molar-refractivity contribution in [2.75, 3.05) is 12.4 Å². The summed E-state index contributed by atoms with van der Waals surface area (Å²) in [4.78, 5) is 12.1. The van der Waals surface area contributed by atoms with Gasteiger partial charge in [-0.3, -0.25) is 0 Å². The van der Waals surface area contributed by atoms with Crippen LogP contribution in [-0.2, 0) is 0 Å². The lowest BCUT2D eigenvalue weighted by atomic mass is 10.1. The summed E-state index contributed by atoms with van der Waals surface area (Å²) in [5.41, 5.74) is 5.54. The molecule has 0 saturated carbocycles. The summed E-state index contributed by atoms with van der Waals surface area (Å²) in [7, 11) is 1.62. The van der Waals surface area contributed by atoms with Gasteiger partial charge in [0.1, 0.15) is 17.6 Å². The number of aromatic amines is 1. The zero-order valence-electron chi connectivity index (χ0n) is 13.2. The highest BCUT2D eigenvalue weighted by Crippen LogP contribution is 2.35. The fourth-order valence-corrected chi connectivity index (χ4v) is 3.05. The maximum atomic E-state index is 6.05. The molecule has 2 heterocycles. The third kappa shape index (κ3) is 2.43. The third-order valence-electron chi connectivity index (χ3n) is 3.94. The summed E-state index contributed by atoms with van der Waals surface area (Å²) in [6.45, 7) is 2.02. The lowest BCUT2D eigenvalue weighted by molar-refractivity contribution is 0.417. The second-order valence-electron chi connectivity index (χ2n) is 5.57. The van der Waals surface area contributed by atoms with Crippen molar-refractivity contribution in [2.45, 2.75) is 6.92 Å². The first-order chi connectivity index (χ1) is 11.7. The Kier molecular flexibility index (Phi) is 3.50. The second kappa shape index (κ2) is 5.69. The van der Waals surface area contributed by atoms with E-state index in [0.717, 1.165) is 39.0 Å². The van der Waals surface area contributed by atoms with E-state index in [1.54, 1.807) is 19.5 Å². The van der Waals surface area contributed by atoms with E-state index in [4.69, 9.17) is 16.3 Å². The average molecular weight is 339 g/mol. The summed E-state index contributed by atoms with van der Waals surface area (Å²) in [5, 5.41) is 5.07. The van der Waals surface area contributed by atoms with Gasteiger partial charge in [-0.05, 0) is 37.3 Å². The lowest BCUT2D eigenvalue weighted by Gasteiger charge is -2.15. The van der Waals surface area contributed by atoms with Crippen LogP contribution in [0.3, 0.4) is 0 Å². The fourth-order valence-electron chi connectivity index (χ4n) is 2.89. The first-order valence-electron chi connectivity index (χ1n) is 7.49. The van der Waals surface area contributed by atoms with Gasteiger partial charge in [0.2, 0.25) is 0 Å². The van der Waals surface area contributed by atoms with Crippen molar-refractivity contribution < 1.29 is 4.74 Å². The number of halogens is 1. The highest BCUT2D eigenvalue weighted by Gasteiger charge is 2.12. The predicted molar refractivity (Wildman–Crippen MR) is 97.4 cm³/mol. The van der Waals surface area contributed by atoms with Gasteiger partial charge in [-0.15, -0.1) is 0 Å². The van der Waals surface area contributed by atoms with E-state index in [9.17, 15) is 0 Å².